The van der Waals surface area contributed by atoms with Crippen LogP contribution in [0, 0.1) is 10.1 Å². The molecule has 1 aromatic heterocycles. The number of hydrogen-bond acceptors (Lipinski definition) is 5. The van der Waals surface area contributed by atoms with E-state index in [9.17, 15) is 14.9 Å². The van der Waals surface area contributed by atoms with Gasteiger partial charge in [0, 0.05) is 29.4 Å². The number of thiol groups is 1. The first kappa shape index (κ1) is 20.0. The number of hydrogen-bond donors (Lipinski definition) is 2. The number of nitrogens with one attached hydrogen (secondary N) is 1. The molecule has 1 unspecified atom stereocenters. The van der Waals surface area contributed by atoms with Gasteiger partial charge in [0.2, 0.25) is 0 Å². The molecular formula is C24H18N4O3S. The summed E-state index contributed by atoms with van der Waals surface area (Å²) in [6, 6.07) is 21.7. The van der Waals surface area contributed by atoms with Gasteiger partial charge >= 0.3 is 6.03 Å². The lowest BCUT2D eigenvalue weighted by molar-refractivity contribution is -0.384. The fourth-order valence-corrected chi connectivity index (χ4v) is 4.24. The summed E-state index contributed by atoms with van der Waals surface area (Å²) in [5.74, 6) is 0. The normalized spacial score (nSPS) is 17.3. The van der Waals surface area contributed by atoms with Crippen molar-refractivity contribution in [3.63, 3.8) is 0 Å². The largest absolute Gasteiger partial charge is 0.323 e. The van der Waals surface area contributed by atoms with Crippen molar-refractivity contribution in [3.05, 3.63) is 99.7 Å². The Morgan fingerprint density at radius 2 is 1.59 bits per heavy atom. The van der Waals surface area contributed by atoms with Gasteiger partial charge in [-0.15, -0.1) is 12.6 Å². The molecule has 1 N–H and O–H groups in total. The summed E-state index contributed by atoms with van der Waals surface area (Å²) in [6.07, 6.45) is 1.96. The first-order chi connectivity index (χ1) is 15.5. The molecule has 158 valence electrons. The molecule has 0 aliphatic carbocycles. The zero-order valence-electron chi connectivity index (χ0n) is 16.8. The van der Waals surface area contributed by atoms with Crippen LogP contribution in [-0.4, -0.2) is 26.2 Å². The van der Waals surface area contributed by atoms with Crippen molar-refractivity contribution in [2.24, 2.45) is 0 Å². The third-order valence-corrected chi connectivity index (χ3v) is 6.07. The van der Waals surface area contributed by atoms with E-state index < -0.39 is 10.3 Å². The number of benzene rings is 3. The zero-order valence-corrected chi connectivity index (χ0v) is 17.7. The van der Waals surface area contributed by atoms with E-state index in [1.54, 1.807) is 17.0 Å². The molecule has 32 heavy (non-hydrogen) atoms. The van der Waals surface area contributed by atoms with E-state index in [4.69, 9.17) is 17.6 Å². The molecule has 0 bridgehead atoms. The molecular weight excluding hydrogens is 424 g/mol. The van der Waals surface area contributed by atoms with Gasteiger partial charge in [0.1, 0.15) is 5.37 Å². The highest BCUT2D eigenvalue weighted by atomic mass is 32.1. The Kier molecular flexibility index (Phi) is 4.99. The van der Waals surface area contributed by atoms with Crippen molar-refractivity contribution >= 4 is 52.2 Å². The maximum atomic E-state index is 12.7. The molecule has 3 aromatic carbocycles. The van der Waals surface area contributed by atoms with Gasteiger partial charge in [-0.25, -0.2) is 9.78 Å². The number of pyridine rings is 1. The number of aromatic nitrogens is 1. The molecule has 1 fully saturated rings. The fraction of sp³-hybridized carbons (Fsp3) is 0.0833. The third-order valence-electron chi connectivity index (χ3n) is 5.51. The lowest BCUT2D eigenvalue weighted by Gasteiger charge is -2.19. The van der Waals surface area contributed by atoms with E-state index in [1.165, 1.54) is 12.1 Å². The highest BCUT2D eigenvalue weighted by molar-refractivity contribution is 7.81. The standard InChI is InChI=1S/C24H18N4O3S/c29-24-26-22(23(32)27(24)14-15-9-11-16(12-10-15)28(30)31)13-19-17-5-1-3-7-20(17)25-21-8-4-2-6-18(19)21/h1-13,23,32H,14H2,(H,26,29)/b22-13-. The Labute approximate surface area is 188 Å². The maximum Gasteiger partial charge on any atom is 0.323 e. The number of para-hydroxylation sites is 2. The Morgan fingerprint density at radius 3 is 2.19 bits per heavy atom. The van der Waals surface area contributed by atoms with E-state index in [0.717, 1.165) is 32.9 Å². The summed E-state index contributed by atoms with van der Waals surface area (Å²) < 4.78 is 0. The van der Waals surface area contributed by atoms with Crippen molar-refractivity contribution in [2.75, 3.05) is 0 Å². The van der Waals surface area contributed by atoms with Crippen molar-refractivity contribution in [3.8, 4) is 0 Å². The van der Waals surface area contributed by atoms with Crippen molar-refractivity contribution in [2.45, 2.75) is 11.9 Å². The summed E-state index contributed by atoms with van der Waals surface area (Å²) in [5, 5.41) is 15.3. The molecule has 0 spiro atoms. The molecule has 0 radical (unpaired) electrons. The molecule has 1 aliphatic rings. The number of nitro benzene ring substituents is 1. The maximum absolute atomic E-state index is 12.7. The van der Waals surface area contributed by atoms with Crippen molar-refractivity contribution in [1.82, 2.24) is 15.2 Å². The second-order valence-corrected chi connectivity index (χ2v) is 8.00. The lowest BCUT2D eigenvalue weighted by atomic mass is 10.0. The molecule has 2 amide bonds. The van der Waals surface area contributed by atoms with Gasteiger partial charge < -0.3 is 10.2 Å². The van der Waals surface area contributed by atoms with Gasteiger partial charge in [-0.05, 0) is 29.3 Å². The molecule has 5 rings (SSSR count). The molecule has 1 aliphatic heterocycles. The predicted molar refractivity (Wildman–Crippen MR) is 127 cm³/mol. The minimum atomic E-state index is -0.483. The number of rotatable bonds is 4. The monoisotopic (exact) mass is 442 g/mol. The molecule has 2 heterocycles. The zero-order chi connectivity index (χ0) is 22.2. The van der Waals surface area contributed by atoms with Gasteiger partial charge in [-0.1, -0.05) is 48.5 Å². The summed E-state index contributed by atoms with van der Waals surface area (Å²) >= 11 is 4.69. The molecule has 4 aromatic rings. The van der Waals surface area contributed by atoms with Crippen LogP contribution in [-0.2, 0) is 6.54 Å². The molecule has 0 saturated carbocycles. The number of fused-ring (bicyclic) bond motifs is 2. The van der Waals surface area contributed by atoms with Crippen molar-refractivity contribution < 1.29 is 9.72 Å². The van der Waals surface area contributed by atoms with Gasteiger partial charge in [0.25, 0.3) is 5.69 Å². The topological polar surface area (TPSA) is 88.4 Å². The fourth-order valence-electron chi connectivity index (χ4n) is 3.91. The first-order valence-electron chi connectivity index (χ1n) is 9.99. The number of nitro groups is 1. The third kappa shape index (κ3) is 3.54. The number of carbonyl (C=O) groups excluding carboxylic acids is 1. The quantitative estimate of drug-likeness (QED) is 0.199. The van der Waals surface area contributed by atoms with Crippen LogP contribution in [0.2, 0.25) is 0 Å². The molecule has 7 nitrogen and oxygen atoms in total. The van der Waals surface area contributed by atoms with Gasteiger partial charge in [0.05, 0.1) is 21.7 Å². The summed E-state index contributed by atoms with van der Waals surface area (Å²) in [4.78, 5) is 29.4. The van der Waals surface area contributed by atoms with Gasteiger partial charge in [0.15, 0.2) is 0 Å². The van der Waals surface area contributed by atoms with Crippen LogP contribution in [0.5, 0.6) is 0 Å². The summed E-state index contributed by atoms with van der Waals surface area (Å²) in [6.45, 7) is 0.285. The van der Waals surface area contributed by atoms with Crippen LogP contribution in [0.15, 0.2) is 78.5 Å². The Bertz CT molecular complexity index is 1350. The SMILES string of the molecule is O=C1N/C(=C\c2c3ccccc3nc3ccccc23)C(S)N1Cc1ccc([N+](=O)[O-])cc1. The first-order valence-corrected chi connectivity index (χ1v) is 10.5. The van der Waals surface area contributed by atoms with E-state index in [0.29, 0.717) is 5.70 Å². The highest BCUT2D eigenvalue weighted by Crippen LogP contribution is 2.31. The smallest absolute Gasteiger partial charge is 0.309 e. The Balaban J connectivity index is 1.52. The van der Waals surface area contributed by atoms with Crippen LogP contribution >= 0.6 is 12.6 Å². The number of non-ortho nitro benzene ring substituents is 1. The number of amides is 2. The van der Waals surface area contributed by atoms with E-state index in [1.807, 2.05) is 54.6 Å². The number of carbonyl (C=O) groups is 1. The lowest BCUT2D eigenvalue weighted by Crippen LogP contribution is -2.30. The molecule has 1 saturated heterocycles. The van der Waals surface area contributed by atoms with Crippen LogP contribution in [0.4, 0.5) is 10.5 Å². The number of urea groups is 1. The van der Waals surface area contributed by atoms with Gasteiger partial charge in [-0.2, -0.15) is 0 Å². The van der Waals surface area contributed by atoms with Crippen LogP contribution in [0.1, 0.15) is 11.1 Å². The minimum absolute atomic E-state index is 0.0130. The van der Waals surface area contributed by atoms with E-state index in [-0.39, 0.29) is 18.3 Å². The average Bonchev–Trinajstić information content (AvgIpc) is 3.06. The second kappa shape index (κ2) is 7.97. The summed E-state index contributed by atoms with van der Waals surface area (Å²) in [5.41, 5.74) is 4.19. The average molecular weight is 443 g/mol. The van der Waals surface area contributed by atoms with Crippen LogP contribution in [0.25, 0.3) is 27.9 Å². The molecule has 1 atom stereocenters. The minimum Gasteiger partial charge on any atom is -0.309 e. The van der Waals surface area contributed by atoms with Crippen LogP contribution in [0.3, 0.4) is 0 Å². The second-order valence-electron chi connectivity index (χ2n) is 7.51. The van der Waals surface area contributed by atoms with E-state index in [2.05, 4.69) is 5.32 Å². The van der Waals surface area contributed by atoms with E-state index >= 15 is 0 Å². The Hall–Kier alpha value is -3.91. The summed E-state index contributed by atoms with van der Waals surface area (Å²) in [7, 11) is 0. The Morgan fingerprint density at radius 1 is 1.00 bits per heavy atom. The highest BCUT2D eigenvalue weighted by Gasteiger charge is 2.33. The van der Waals surface area contributed by atoms with Gasteiger partial charge in [-0.3, -0.25) is 10.1 Å². The molecule has 8 heteroatoms. The number of nitrogens with zero attached hydrogens (tertiary/aromatic N) is 3. The van der Waals surface area contributed by atoms with Crippen molar-refractivity contribution in [1.29, 1.82) is 0 Å². The predicted octanol–water partition coefficient (Wildman–Crippen LogP) is 5.12. The van der Waals surface area contributed by atoms with Crippen LogP contribution < -0.4 is 5.32 Å².